The van der Waals surface area contributed by atoms with E-state index in [1.807, 2.05) is 23.8 Å². The average Bonchev–Trinajstić information content (AvgIpc) is 3.70. The van der Waals surface area contributed by atoms with Crippen molar-refractivity contribution in [3.63, 3.8) is 0 Å². The summed E-state index contributed by atoms with van der Waals surface area (Å²) in [6.07, 6.45) is 3.58. The highest BCUT2D eigenvalue weighted by molar-refractivity contribution is 7.16. The molecule has 6 heterocycles. The molecule has 0 bridgehead atoms. The van der Waals surface area contributed by atoms with Crippen molar-refractivity contribution >= 4 is 33.7 Å². The van der Waals surface area contributed by atoms with E-state index in [2.05, 4.69) is 11.2 Å². The molecule has 5 unspecified atom stereocenters. The van der Waals surface area contributed by atoms with Crippen LogP contribution in [0.2, 0.25) is 0 Å². The predicted octanol–water partition coefficient (Wildman–Crippen LogP) is 2.84. The first-order valence-corrected chi connectivity index (χ1v) is 16.7. The Bertz CT molecular complexity index is 1700. The van der Waals surface area contributed by atoms with Crippen molar-refractivity contribution < 1.29 is 18.8 Å². The summed E-state index contributed by atoms with van der Waals surface area (Å²) in [7, 11) is 1.89. The lowest BCUT2D eigenvalue weighted by atomic mass is 9.76. The summed E-state index contributed by atoms with van der Waals surface area (Å²) in [5, 5.41) is 27.5. The van der Waals surface area contributed by atoms with Crippen LogP contribution in [0.1, 0.15) is 73.3 Å². The molecule has 2 saturated heterocycles. The van der Waals surface area contributed by atoms with Gasteiger partial charge in [-0.15, -0.1) is 11.3 Å². The standard InChI is InChI=1S/C31H41FN10O3S/c1-16(20-12-17(32)14-40(20)3)42(36)29-23(34)28(41-10-5-8-30(2,43)15-41)37-27(38-29)24-18-7-11-44-31(25(18)45-39-24)9-4-6-21-22(31)19(13-33)26(35)46-21/h16-17,20,43H,4-12,14-15,34-36H2,1-3H3. The molecule has 46 heavy (non-hydrogen) atoms. The van der Waals surface area contributed by atoms with Gasteiger partial charge in [-0.05, 0) is 59.4 Å². The summed E-state index contributed by atoms with van der Waals surface area (Å²) < 4.78 is 27.0. The van der Waals surface area contributed by atoms with Gasteiger partial charge in [0.2, 0.25) is 0 Å². The molecule has 7 rings (SSSR count). The van der Waals surface area contributed by atoms with Crippen LogP contribution in [0.4, 0.5) is 26.7 Å². The third-order valence-corrected chi connectivity index (χ3v) is 11.3. The van der Waals surface area contributed by atoms with Crippen molar-refractivity contribution in [2.45, 2.75) is 88.3 Å². The lowest BCUT2D eigenvalue weighted by Gasteiger charge is -2.39. The number of rotatable bonds is 5. The number of hydrogen-bond acceptors (Lipinski definition) is 14. The van der Waals surface area contributed by atoms with E-state index >= 15 is 0 Å². The smallest absolute Gasteiger partial charge is 0.186 e. The molecule has 1 spiro atoms. The zero-order valence-electron chi connectivity index (χ0n) is 26.4. The van der Waals surface area contributed by atoms with Crippen molar-refractivity contribution in [1.29, 1.82) is 5.26 Å². The van der Waals surface area contributed by atoms with Gasteiger partial charge in [0.15, 0.2) is 34.5 Å². The Hall–Kier alpha value is -3.55. The maximum absolute atomic E-state index is 14.4. The molecular formula is C31H41FN10O3S. The van der Waals surface area contributed by atoms with Gasteiger partial charge in [-0.2, -0.15) is 5.26 Å². The van der Waals surface area contributed by atoms with Gasteiger partial charge in [-0.25, -0.2) is 20.2 Å². The second kappa shape index (κ2) is 11.3. The van der Waals surface area contributed by atoms with Gasteiger partial charge in [-0.1, -0.05) is 5.16 Å². The van der Waals surface area contributed by atoms with Gasteiger partial charge < -0.3 is 30.7 Å². The van der Waals surface area contributed by atoms with Crippen LogP contribution >= 0.6 is 11.3 Å². The van der Waals surface area contributed by atoms with Crippen LogP contribution in [0.3, 0.4) is 0 Å². The van der Waals surface area contributed by atoms with Crippen molar-refractivity contribution in [3.8, 4) is 17.6 Å². The molecule has 15 heteroatoms. The molecule has 5 atom stereocenters. The summed E-state index contributed by atoms with van der Waals surface area (Å²) in [6, 6.07) is 1.81. The molecule has 3 aromatic heterocycles. The number of likely N-dealkylation sites (N-methyl/N-ethyl adjacent to an activating group) is 1. The van der Waals surface area contributed by atoms with Gasteiger partial charge in [0.25, 0.3) is 0 Å². The van der Waals surface area contributed by atoms with Crippen molar-refractivity contribution in [2.24, 2.45) is 5.84 Å². The number of β-amino-alcohol motifs (C(OH)–C–C–N with tert-alkyl or cyclic N) is 1. The molecule has 0 saturated carbocycles. The molecule has 3 aromatic rings. The van der Waals surface area contributed by atoms with Gasteiger partial charge in [0, 0.05) is 48.1 Å². The number of piperidine rings is 1. The number of anilines is 4. The number of aromatic nitrogens is 3. The van der Waals surface area contributed by atoms with E-state index in [0.717, 1.165) is 35.3 Å². The minimum absolute atomic E-state index is 0.151. The number of alkyl halides is 1. The lowest BCUT2D eigenvalue weighted by Crippen LogP contribution is -2.51. The maximum atomic E-state index is 14.4. The van der Waals surface area contributed by atoms with Gasteiger partial charge in [0.05, 0.1) is 23.8 Å². The van der Waals surface area contributed by atoms with E-state index in [9.17, 15) is 14.8 Å². The van der Waals surface area contributed by atoms with Crippen LogP contribution in [0.15, 0.2) is 4.52 Å². The summed E-state index contributed by atoms with van der Waals surface area (Å²) in [5.74, 6) is 8.33. The van der Waals surface area contributed by atoms with Crippen molar-refractivity contribution in [3.05, 3.63) is 27.3 Å². The molecule has 2 fully saturated rings. The van der Waals surface area contributed by atoms with Crippen LogP contribution in [-0.4, -0.2) is 82.3 Å². The van der Waals surface area contributed by atoms with Crippen LogP contribution < -0.4 is 27.2 Å². The number of nitriles is 1. The maximum Gasteiger partial charge on any atom is 0.186 e. The lowest BCUT2D eigenvalue weighted by molar-refractivity contribution is -0.0580. The third kappa shape index (κ3) is 4.89. The monoisotopic (exact) mass is 652 g/mol. The molecule has 13 nitrogen and oxygen atoms in total. The van der Waals surface area contributed by atoms with E-state index in [-0.39, 0.29) is 23.6 Å². The number of nitrogen functional groups attached to an aromatic ring is 2. The minimum atomic E-state index is -0.985. The van der Waals surface area contributed by atoms with Gasteiger partial charge >= 0.3 is 0 Å². The van der Waals surface area contributed by atoms with Crippen LogP contribution in [0, 0.1) is 11.3 Å². The number of nitrogens with two attached hydrogens (primary N) is 3. The molecule has 4 aliphatic rings. The Balaban J connectivity index is 1.36. The molecular weight excluding hydrogens is 611 g/mol. The fourth-order valence-corrected chi connectivity index (χ4v) is 9.06. The minimum Gasteiger partial charge on any atom is -0.393 e. The highest BCUT2D eigenvalue weighted by atomic mass is 32.1. The number of fused-ring (bicyclic) bond motifs is 4. The fourth-order valence-electron chi connectivity index (χ4n) is 7.93. The molecule has 0 aromatic carbocycles. The van der Waals surface area contributed by atoms with E-state index < -0.39 is 17.4 Å². The van der Waals surface area contributed by atoms with Gasteiger partial charge in [-0.3, -0.25) is 9.91 Å². The second-order valence-corrected chi connectivity index (χ2v) is 14.6. The van der Waals surface area contributed by atoms with Crippen LogP contribution in [0.5, 0.6) is 0 Å². The molecule has 0 radical (unpaired) electrons. The Labute approximate surface area is 271 Å². The Morgan fingerprint density at radius 3 is 2.76 bits per heavy atom. The molecule has 246 valence electrons. The number of nitrogens with zero attached hydrogens (tertiary/aromatic N) is 7. The fraction of sp³-hybridized carbons (Fsp3) is 0.613. The Morgan fingerprint density at radius 2 is 2.04 bits per heavy atom. The van der Waals surface area contributed by atoms with E-state index in [4.69, 9.17) is 36.5 Å². The number of ether oxygens (including phenoxy) is 1. The summed E-state index contributed by atoms with van der Waals surface area (Å²) in [4.78, 5) is 14.8. The zero-order valence-corrected chi connectivity index (χ0v) is 27.2. The van der Waals surface area contributed by atoms with E-state index in [0.29, 0.717) is 85.6 Å². The zero-order chi connectivity index (χ0) is 32.5. The SMILES string of the molecule is CC(C1CC(F)CN1C)N(N)c1nc(-c2noc3c2CCOC32CCCc3sc(N)c(C#N)c32)nc(N2CCCC(C)(O)C2)c1N. The van der Waals surface area contributed by atoms with Crippen molar-refractivity contribution in [2.75, 3.05) is 54.7 Å². The highest BCUT2D eigenvalue weighted by Crippen LogP contribution is 2.53. The van der Waals surface area contributed by atoms with E-state index in [1.165, 1.54) is 16.3 Å². The second-order valence-electron chi connectivity index (χ2n) is 13.5. The van der Waals surface area contributed by atoms with Crippen molar-refractivity contribution in [1.82, 2.24) is 20.0 Å². The molecule has 7 N–H and O–H groups in total. The first-order valence-electron chi connectivity index (χ1n) is 15.9. The topological polar surface area (TPSA) is 193 Å². The summed E-state index contributed by atoms with van der Waals surface area (Å²) in [5.41, 5.74) is 13.9. The normalized spacial score (nSPS) is 28.6. The molecule has 3 aliphatic heterocycles. The molecule has 1 aliphatic carbocycles. The summed E-state index contributed by atoms with van der Waals surface area (Å²) >= 11 is 1.43. The average molecular weight is 653 g/mol. The largest absolute Gasteiger partial charge is 0.393 e. The summed E-state index contributed by atoms with van der Waals surface area (Å²) in [6.45, 7) is 5.42. The Morgan fingerprint density at radius 1 is 1.24 bits per heavy atom. The number of halogens is 1. The number of aliphatic hydroxyl groups is 1. The molecule has 0 amide bonds. The number of aryl methyl sites for hydroxylation is 1. The van der Waals surface area contributed by atoms with Gasteiger partial charge in [0.1, 0.15) is 22.9 Å². The number of thiophene rings is 1. The van der Waals surface area contributed by atoms with E-state index in [1.54, 1.807) is 6.92 Å². The number of hydrazine groups is 1. The Kier molecular flexibility index (Phi) is 7.64. The number of likely N-dealkylation sites (tertiary alicyclic amines) is 1. The predicted molar refractivity (Wildman–Crippen MR) is 173 cm³/mol. The third-order valence-electron chi connectivity index (χ3n) is 10.2. The van der Waals surface area contributed by atoms with Crippen LogP contribution in [-0.2, 0) is 23.2 Å². The first kappa shape index (κ1) is 31.1. The first-order chi connectivity index (χ1) is 21.9. The van der Waals surface area contributed by atoms with Crippen LogP contribution in [0.25, 0.3) is 11.5 Å². The quantitative estimate of drug-likeness (QED) is 0.232. The number of hydrogen-bond donors (Lipinski definition) is 4. The highest BCUT2D eigenvalue weighted by Gasteiger charge is 2.50.